The smallest absolute Gasteiger partial charge is 0.288 e. The summed E-state index contributed by atoms with van der Waals surface area (Å²) in [7, 11) is 0. The highest BCUT2D eigenvalue weighted by molar-refractivity contribution is 7.99. The molecule has 1 amide bonds. The molecule has 1 aromatic heterocycles. The van der Waals surface area contributed by atoms with Crippen molar-refractivity contribution >= 4 is 23.4 Å². The van der Waals surface area contributed by atoms with Crippen LogP contribution in [-0.4, -0.2) is 21.4 Å². The van der Waals surface area contributed by atoms with Crippen LogP contribution >= 0.6 is 11.8 Å². The van der Waals surface area contributed by atoms with E-state index in [0.29, 0.717) is 28.0 Å². The number of rotatable bonds is 5. The van der Waals surface area contributed by atoms with Crippen molar-refractivity contribution in [3.8, 4) is 5.69 Å². The Bertz CT molecular complexity index is 1020. The van der Waals surface area contributed by atoms with Gasteiger partial charge in [0.15, 0.2) is 0 Å². The van der Waals surface area contributed by atoms with Crippen LogP contribution in [0.15, 0.2) is 70.4 Å². The highest BCUT2D eigenvalue weighted by Gasteiger charge is 2.12. The van der Waals surface area contributed by atoms with Gasteiger partial charge in [-0.2, -0.15) is 18.6 Å². The van der Waals surface area contributed by atoms with Gasteiger partial charge < -0.3 is 5.32 Å². The third-order valence-electron chi connectivity index (χ3n) is 3.42. The van der Waals surface area contributed by atoms with Gasteiger partial charge in [-0.3, -0.25) is 9.59 Å². The molecule has 138 valence electrons. The SMILES string of the molecule is O=C(Nc1cccc(SC(F)F)c1)c1ccc(=O)n(-c2ccc(F)cc2)n1. The Labute approximate surface area is 155 Å². The van der Waals surface area contributed by atoms with Crippen molar-refractivity contribution in [3.63, 3.8) is 0 Å². The van der Waals surface area contributed by atoms with Crippen molar-refractivity contribution in [2.45, 2.75) is 10.7 Å². The number of amides is 1. The Morgan fingerprint density at radius 1 is 1.07 bits per heavy atom. The lowest BCUT2D eigenvalue weighted by molar-refractivity contribution is 0.102. The Morgan fingerprint density at radius 2 is 1.81 bits per heavy atom. The van der Waals surface area contributed by atoms with Gasteiger partial charge in [-0.25, -0.2) is 4.39 Å². The minimum atomic E-state index is -2.57. The number of aromatic nitrogens is 2. The molecule has 0 unspecified atom stereocenters. The number of anilines is 1. The van der Waals surface area contributed by atoms with Crippen LogP contribution in [0.5, 0.6) is 0 Å². The maximum Gasteiger partial charge on any atom is 0.288 e. The number of nitrogens with zero attached hydrogens (tertiary/aromatic N) is 2. The van der Waals surface area contributed by atoms with Gasteiger partial charge in [0.1, 0.15) is 11.5 Å². The molecule has 1 N–H and O–H groups in total. The fraction of sp³-hybridized carbons (Fsp3) is 0.0556. The van der Waals surface area contributed by atoms with Gasteiger partial charge in [-0.05, 0) is 48.5 Å². The number of hydrogen-bond donors (Lipinski definition) is 1. The third-order valence-corrected chi connectivity index (χ3v) is 4.13. The minimum absolute atomic E-state index is 0.0640. The normalized spacial score (nSPS) is 10.8. The number of nitrogens with one attached hydrogen (secondary N) is 1. The van der Waals surface area contributed by atoms with Crippen LogP contribution in [0, 0.1) is 5.82 Å². The topological polar surface area (TPSA) is 64.0 Å². The Balaban J connectivity index is 1.84. The van der Waals surface area contributed by atoms with Gasteiger partial charge in [0, 0.05) is 16.6 Å². The molecule has 0 atom stereocenters. The van der Waals surface area contributed by atoms with Crippen molar-refractivity contribution in [3.05, 3.63) is 82.5 Å². The third kappa shape index (κ3) is 4.76. The molecule has 0 aliphatic heterocycles. The minimum Gasteiger partial charge on any atom is -0.321 e. The van der Waals surface area contributed by atoms with Gasteiger partial charge >= 0.3 is 0 Å². The lowest BCUT2D eigenvalue weighted by atomic mass is 10.3. The van der Waals surface area contributed by atoms with Crippen molar-refractivity contribution in [2.75, 3.05) is 5.32 Å². The second-order valence-corrected chi connectivity index (χ2v) is 6.37. The predicted molar refractivity (Wildman–Crippen MR) is 96.0 cm³/mol. The van der Waals surface area contributed by atoms with E-state index in [2.05, 4.69) is 10.4 Å². The van der Waals surface area contributed by atoms with Crippen molar-refractivity contribution < 1.29 is 18.0 Å². The van der Waals surface area contributed by atoms with Crippen LogP contribution < -0.4 is 10.9 Å². The summed E-state index contributed by atoms with van der Waals surface area (Å²) >= 11 is 0.362. The maximum atomic E-state index is 13.0. The van der Waals surface area contributed by atoms with Crippen LogP contribution in [0.3, 0.4) is 0 Å². The summed E-state index contributed by atoms with van der Waals surface area (Å²) < 4.78 is 38.9. The number of alkyl halides is 2. The van der Waals surface area contributed by atoms with Gasteiger partial charge in [-0.1, -0.05) is 17.8 Å². The van der Waals surface area contributed by atoms with Gasteiger partial charge in [0.25, 0.3) is 17.2 Å². The monoisotopic (exact) mass is 391 g/mol. The van der Waals surface area contributed by atoms with Crippen molar-refractivity contribution in [1.29, 1.82) is 0 Å². The number of carbonyl (C=O) groups excluding carboxylic acids is 1. The number of carbonyl (C=O) groups is 1. The standard InChI is InChI=1S/C18H12F3N3O2S/c19-11-4-6-13(7-5-11)24-16(25)9-8-15(23-24)17(26)22-12-2-1-3-14(10-12)27-18(20)21/h1-10,18H,(H,22,26). The second-order valence-electron chi connectivity index (χ2n) is 5.31. The summed E-state index contributed by atoms with van der Waals surface area (Å²) in [5.41, 5.74) is 0.0534. The summed E-state index contributed by atoms with van der Waals surface area (Å²) in [5, 5.41) is 6.53. The molecule has 1 heterocycles. The summed E-state index contributed by atoms with van der Waals surface area (Å²) in [6, 6.07) is 13.4. The molecule has 0 saturated carbocycles. The van der Waals surface area contributed by atoms with E-state index in [4.69, 9.17) is 0 Å². The zero-order chi connectivity index (χ0) is 19.4. The fourth-order valence-electron chi connectivity index (χ4n) is 2.24. The number of hydrogen-bond acceptors (Lipinski definition) is 4. The van der Waals surface area contributed by atoms with Crippen molar-refractivity contribution in [2.24, 2.45) is 0 Å². The van der Waals surface area contributed by atoms with Gasteiger partial charge in [-0.15, -0.1) is 0 Å². The molecule has 27 heavy (non-hydrogen) atoms. The highest BCUT2D eigenvalue weighted by atomic mass is 32.2. The Hall–Kier alpha value is -3.07. The number of benzene rings is 2. The second kappa shape index (κ2) is 8.09. The van der Waals surface area contributed by atoms with E-state index in [1.165, 1.54) is 48.5 Å². The van der Waals surface area contributed by atoms with E-state index in [1.54, 1.807) is 6.07 Å². The summed E-state index contributed by atoms with van der Waals surface area (Å²) in [6.45, 7) is 0. The lowest BCUT2D eigenvalue weighted by Crippen LogP contribution is -2.24. The molecule has 0 radical (unpaired) electrons. The molecule has 9 heteroatoms. The quantitative estimate of drug-likeness (QED) is 0.670. The van der Waals surface area contributed by atoms with E-state index >= 15 is 0 Å². The predicted octanol–water partition coefficient (Wildman–Crippen LogP) is 3.94. The highest BCUT2D eigenvalue weighted by Crippen LogP contribution is 2.27. The first-order valence-electron chi connectivity index (χ1n) is 7.65. The van der Waals surface area contributed by atoms with Crippen molar-refractivity contribution in [1.82, 2.24) is 9.78 Å². The molecule has 3 rings (SSSR count). The van der Waals surface area contributed by atoms with Gasteiger partial charge in [0.2, 0.25) is 0 Å². The molecule has 0 aliphatic rings. The lowest BCUT2D eigenvalue weighted by Gasteiger charge is -2.09. The molecule has 5 nitrogen and oxygen atoms in total. The van der Waals surface area contributed by atoms with Gasteiger partial charge in [0.05, 0.1) is 5.69 Å². The molecule has 0 saturated heterocycles. The number of thioether (sulfide) groups is 1. The van der Waals surface area contributed by atoms with Crippen LogP contribution in [0.4, 0.5) is 18.9 Å². The molecule has 0 fully saturated rings. The number of halogens is 3. The Kier molecular flexibility index (Phi) is 5.60. The maximum absolute atomic E-state index is 13.0. The molecule has 0 spiro atoms. The molecule has 0 bridgehead atoms. The Morgan fingerprint density at radius 3 is 2.52 bits per heavy atom. The average molecular weight is 391 g/mol. The zero-order valence-corrected chi connectivity index (χ0v) is 14.4. The van der Waals surface area contributed by atoms with Crippen LogP contribution in [0.1, 0.15) is 10.5 Å². The fourth-order valence-corrected chi connectivity index (χ4v) is 2.80. The van der Waals surface area contributed by atoms with E-state index in [0.717, 1.165) is 10.7 Å². The van der Waals surface area contributed by atoms with Crippen LogP contribution in [0.2, 0.25) is 0 Å². The van der Waals surface area contributed by atoms with E-state index in [9.17, 15) is 22.8 Å². The first kappa shape index (κ1) is 18.7. The zero-order valence-electron chi connectivity index (χ0n) is 13.6. The molecule has 0 aliphatic carbocycles. The molecular weight excluding hydrogens is 379 g/mol. The summed E-state index contributed by atoms with van der Waals surface area (Å²) in [6.07, 6.45) is 0. The first-order valence-corrected chi connectivity index (χ1v) is 8.53. The molecular formula is C18H12F3N3O2S. The first-order chi connectivity index (χ1) is 12.9. The van der Waals surface area contributed by atoms with E-state index < -0.39 is 23.0 Å². The van der Waals surface area contributed by atoms with E-state index in [1.807, 2.05) is 0 Å². The van der Waals surface area contributed by atoms with Crippen LogP contribution in [0.25, 0.3) is 5.69 Å². The van der Waals surface area contributed by atoms with E-state index in [-0.39, 0.29) is 5.69 Å². The molecule has 2 aromatic carbocycles. The summed E-state index contributed by atoms with van der Waals surface area (Å²) in [4.78, 5) is 24.7. The largest absolute Gasteiger partial charge is 0.321 e. The summed E-state index contributed by atoms with van der Waals surface area (Å²) in [5.74, 6) is -3.66. The average Bonchev–Trinajstić information content (AvgIpc) is 2.62. The molecule has 3 aromatic rings. The van der Waals surface area contributed by atoms with Crippen LogP contribution in [-0.2, 0) is 0 Å².